The first-order chi connectivity index (χ1) is 9.10. The lowest BCUT2D eigenvalue weighted by Crippen LogP contribution is -2.44. The first-order valence-corrected chi connectivity index (χ1v) is 6.96. The summed E-state index contributed by atoms with van der Waals surface area (Å²) in [7, 11) is 0. The molecule has 19 heavy (non-hydrogen) atoms. The van der Waals surface area contributed by atoms with Crippen LogP contribution < -0.4 is 5.73 Å². The number of aliphatic carboxylic acids is 1. The van der Waals surface area contributed by atoms with Crippen molar-refractivity contribution < 1.29 is 19.4 Å². The molecular formula is C13H22N2O4. The molecule has 2 aliphatic rings. The molecule has 2 saturated heterocycles. The van der Waals surface area contributed by atoms with Crippen LogP contribution in [-0.4, -0.2) is 53.7 Å². The first kappa shape index (κ1) is 14.3. The Hall–Kier alpha value is -1.14. The number of carboxylic acids is 1. The molecule has 108 valence electrons. The van der Waals surface area contributed by atoms with E-state index >= 15 is 0 Å². The summed E-state index contributed by atoms with van der Waals surface area (Å²) in [4.78, 5) is 24.7. The maximum absolute atomic E-state index is 12.2. The van der Waals surface area contributed by atoms with E-state index in [4.69, 9.17) is 15.6 Å². The second-order valence-electron chi connectivity index (χ2n) is 5.43. The lowest BCUT2D eigenvalue weighted by atomic mass is 9.93. The molecule has 0 aromatic rings. The second kappa shape index (κ2) is 6.34. The van der Waals surface area contributed by atoms with E-state index in [0.717, 1.165) is 25.7 Å². The normalized spacial score (nSPS) is 28.6. The van der Waals surface area contributed by atoms with Crippen molar-refractivity contribution in [3.05, 3.63) is 0 Å². The van der Waals surface area contributed by atoms with E-state index in [-0.39, 0.29) is 30.5 Å². The average Bonchev–Trinajstić information content (AvgIpc) is 2.87. The molecule has 0 bridgehead atoms. The predicted octanol–water partition coefficient (Wildman–Crippen LogP) is 0.206. The fraction of sp³-hybridized carbons (Fsp3) is 0.846. The molecule has 2 fully saturated rings. The van der Waals surface area contributed by atoms with Gasteiger partial charge in [-0.15, -0.1) is 0 Å². The minimum atomic E-state index is -0.755. The number of carbonyl (C=O) groups is 2. The predicted molar refractivity (Wildman–Crippen MR) is 68.5 cm³/mol. The zero-order valence-corrected chi connectivity index (χ0v) is 11.1. The van der Waals surface area contributed by atoms with Gasteiger partial charge < -0.3 is 20.5 Å². The number of hydrogen-bond donors (Lipinski definition) is 2. The van der Waals surface area contributed by atoms with Crippen molar-refractivity contribution in [2.75, 3.05) is 19.6 Å². The van der Waals surface area contributed by atoms with Crippen LogP contribution in [0, 0.1) is 5.92 Å². The number of ether oxygens (including phenoxy) is 1. The molecule has 0 aromatic heterocycles. The highest BCUT2D eigenvalue weighted by molar-refractivity contribution is 5.81. The fourth-order valence-corrected chi connectivity index (χ4v) is 2.87. The number of hydrogen-bond acceptors (Lipinski definition) is 4. The molecule has 0 aliphatic carbocycles. The van der Waals surface area contributed by atoms with Crippen molar-refractivity contribution in [2.24, 2.45) is 11.7 Å². The third kappa shape index (κ3) is 3.67. The summed E-state index contributed by atoms with van der Waals surface area (Å²) in [5.41, 5.74) is 5.53. The topological polar surface area (TPSA) is 92.9 Å². The molecule has 0 radical (unpaired) electrons. The highest BCUT2D eigenvalue weighted by atomic mass is 16.5. The summed E-state index contributed by atoms with van der Waals surface area (Å²) in [6.07, 6.45) is 3.01. The number of likely N-dealkylation sites (tertiary alicyclic amines) is 1. The van der Waals surface area contributed by atoms with E-state index in [9.17, 15) is 9.59 Å². The minimum absolute atomic E-state index is 0.0125. The van der Waals surface area contributed by atoms with Crippen LogP contribution in [0.1, 0.15) is 32.1 Å². The first-order valence-electron chi connectivity index (χ1n) is 6.96. The van der Waals surface area contributed by atoms with Crippen molar-refractivity contribution in [1.29, 1.82) is 0 Å². The number of nitrogens with two attached hydrogens (primary N) is 1. The second-order valence-corrected chi connectivity index (χ2v) is 5.43. The fourth-order valence-electron chi connectivity index (χ4n) is 2.87. The van der Waals surface area contributed by atoms with Gasteiger partial charge in [0.25, 0.3) is 5.91 Å². The van der Waals surface area contributed by atoms with Gasteiger partial charge >= 0.3 is 5.97 Å². The van der Waals surface area contributed by atoms with Gasteiger partial charge in [0.2, 0.25) is 0 Å². The molecule has 2 atom stereocenters. The molecule has 1 amide bonds. The highest BCUT2D eigenvalue weighted by Gasteiger charge is 2.34. The van der Waals surface area contributed by atoms with E-state index in [2.05, 4.69) is 0 Å². The summed E-state index contributed by atoms with van der Waals surface area (Å²) < 4.78 is 5.61. The van der Waals surface area contributed by atoms with Crippen LogP contribution >= 0.6 is 0 Å². The summed E-state index contributed by atoms with van der Waals surface area (Å²) in [6, 6.07) is 0. The highest BCUT2D eigenvalue weighted by Crippen LogP contribution is 2.25. The van der Waals surface area contributed by atoms with Crippen LogP contribution in [0.3, 0.4) is 0 Å². The molecule has 2 unspecified atom stereocenters. The molecule has 3 N–H and O–H groups in total. The third-order valence-corrected chi connectivity index (χ3v) is 4.04. The Kier molecular flexibility index (Phi) is 4.76. The van der Waals surface area contributed by atoms with E-state index < -0.39 is 5.97 Å². The van der Waals surface area contributed by atoms with E-state index in [1.165, 1.54) is 0 Å². The lowest BCUT2D eigenvalue weighted by Gasteiger charge is -2.32. The Balaban J connectivity index is 1.78. The third-order valence-electron chi connectivity index (χ3n) is 4.04. The molecule has 0 aromatic carbocycles. The molecule has 6 heteroatoms. The van der Waals surface area contributed by atoms with Gasteiger partial charge in [-0.25, -0.2) is 0 Å². The lowest BCUT2D eigenvalue weighted by molar-refractivity contribution is -0.144. The Labute approximate surface area is 112 Å². The van der Waals surface area contributed by atoms with Crippen LogP contribution in [0.4, 0.5) is 0 Å². The van der Waals surface area contributed by atoms with Crippen molar-refractivity contribution in [3.8, 4) is 0 Å². The van der Waals surface area contributed by atoms with E-state index in [1.54, 1.807) is 0 Å². The SMILES string of the molecule is NCC1CCC(C(=O)N2CCC(CC(=O)O)CC2)O1. The van der Waals surface area contributed by atoms with Crippen LogP contribution in [0.2, 0.25) is 0 Å². The van der Waals surface area contributed by atoms with Gasteiger partial charge in [-0.2, -0.15) is 0 Å². The molecule has 2 heterocycles. The van der Waals surface area contributed by atoms with Crippen LogP contribution in [0.5, 0.6) is 0 Å². The van der Waals surface area contributed by atoms with Crippen LogP contribution in [0.25, 0.3) is 0 Å². The zero-order valence-electron chi connectivity index (χ0n) is 11.1. The number of amides is 1. The Morgan fingerprint density at radius 2 is 1.89 bits per heavy atom. The van der Waals surface area contributed by atoms with Crippen LogP contribution in [-0.2, 0) is 14.3 Å². The van der Waals surface area contributed by atoms with Gasteiger partial charge in [-0.3, -0.25) is 9.59 Å². The molecular weight excluding hydrogens is 248 g/mol. The van der Waals surface area contributed by atoms with Gasteiger partial charge in [0, 0.05) is 26.1 Å². The Bertz CT molecular complexity index is 340. The maximum atomic E-state index is 12.2. The quantitative estimate of drug-likeness (QED) is 0.761. The van der Waals surface area contributed by atoms with E-state index in [0.29, 0.717) is 19.6 Å². The Morgan fingerprint density at radius 1 is 1.21 bits per heavy atom. The number of carboxylic acid groups (broad SMARTS) is 1. The molecule has 0 spiro atoms. The molecule has 6 nitrogen and oxygen atoms in total. The molecule has 2 aliphatic heterocycles. The van der Waals surface area contributed by atoms with E-state index in [1.807, 2.05) is 4.90 Å². The number of nitrogens with zero attached hydrogens (tertiary/aromatic N) is 1. The van der Waals surface area contributed by atoms with Gasteiger partial charge in [0.1, 0.15) is 6.10 Å². The summed E-state index contributed by atoms with van der Waals surface area (Å²) in [5.74, 6) is -0.512. The summed E-state index contributed by atoms with van der Waals surface area (Å²) >= 11 is 0. The Morgan fingerprint density at radius 3 is 2.42 bits per heavy atom. The van der Waals surface area contributed by atoms with Gasteiger partial charge in [-0.1, -0.05) is 0 Å². The average molecular weight is 270 g/mol. The number of piperidine rings is 1. The minimum Gasteiger partial charge on any atom is -0.481 e. The van der Waals surface area contributed by atoms with Crippen molar-refractivity contribution in [1.82, 2.24) is 4.90 Å². The number of rotatable bonds is 4. The van der Waals surface area contributed by atoms with Gasteiger partial charge in [-0.05, 0) is 31.6 Å². The van der Waals surface area contributed by atoms with Crippen molar-refractivity contribution >= 4 is 11.9 Å². The zero-order chi connectivity index (χ0) is 13.8. The molecule has 2 rings (SSSR count). The van der Waals surface area contributed by atoms with Crippen molar-refractivity contribution in [2.45, 2.75) is 44.3 Å². The smallest absolute Gasteiger partial charge is 0.303 e. The van der Waals surface area contributed by atoms with Gasteiger partial charge in [0.05, 0.1) is 6.10 Å². The monoisotopic (exact) mass is 270 g/mol. The summed E-state index contributed by atoms with van der Waals surface area (Å²) in [5, 5.41) is 8.76. The van der Waals surface area contributed by atoms with Crippen LogP contribution in [0.15, 0.2) is 0 Å². The van der Waals surface area contributed by atoms with Crippen molar-refractivity contribution in [3.63, 3.8) is 0 Å². The standard InChI is InChI=1S/C13H22N2O4/c14-8-10-1-2-11(19-10)13(18)15-5-3-9(4-6-15)7-12(16)17/h9-11H,1-8,14H2,(H,16,17). The largest absolute Gasteiger partial charge is 0.481 e. The molecule has 0 saturated carbocycles. The maximum Gasteiger partial charge on any atom is 0.303 e. The number of carbonyl (C=O) groups excluding carboxylic acids is 1. The van der Waals surface area contributed by atoms with Gasteiger partial charge in [0.15, 0.2) is 0 Å². The summed E-state index contributed by atoms with van der Waals surface area (Å²) in [6.45, 7) is 1.75.